The smallest absolute Gasteiger partial charge is 0.110 e. The van der Waals surface area contributed by atoms with Crippen LogP contribution in [0.25, 0.3) is 0 Å². The van der Waals surface area contributed by atoms with E-state index in [0.717, 1.165) is 16.7 Å². The third kappa shape index (κ3) is 1.36. The molecule has 2 aromatic rings. The fourth-order valence-corrected chi connectivity index (χ4v) is 1.24. The summed E-state index contributed by atoms with van der Waals surface area (Å²) < 4.78 is 4.97. The number of H-pyrrole nitrogens is 1. The van der Waals surface area contributed by atoms with Crippen LogP contribution in [0.5, 0.6) is 0 Å². The van der Waals surface area contributed by atoms with Crippen molar-refractivity contribution < 1.29 is 9.52 Å². The van der Waals surface area contributed by atoms with Crippen LogP contribution in [0.2, 0.25) is 0 Å². The highest BCUT2D eigenvalue weighted by Gasteiger charge is 2.14. The van der Waals surface area contributed by atoms with Crippen molar-refractivity contribution in [2.24, 2.45) is 0 Å². The van der Waals surface area contributed by atoms with Crippen molar-refractivity contribution in [2.45, 2.75) is 13.0 Å². The summed E-state index contributed by atoms with van der Waals surface area (Å²) in [4.78, 5) is 0. The number of nitrogens with zero attached hydrogens (tertiary/aromatic N) is 1. The molecule has 2 N–H and O–H groups in total. The van der Waals surface area contributed by atoms with Gasteiger partial charge in [0.05, 0.1) is 18.7 Å². The zero-order valence-electron chi connectivity index (χ0n) is 7.19. The standard InChI is InChI=1S/C9H10N2O2/c1-6-4-13-5-8(6)9(12)7-2-10-11-3-7/h2-5,9,12H,1H3,(H,10,11). The molecular formula is C9H10N2O2. The van der Waals surface area contributed by atoms with Gasteiger partial charge in [0.25, 0.3) is 0 Å². The molecule has 0 spiro atoms. The first kappa shape index (κ1) is 8.07. The van der Waals surface area contributed by atoms with Crippen LogP contribution >= 0.6 is 0 Å². The summed E-state index contributed by atoms with van der Waals surface area (Å²) >= 11 is 0. The Hall–Kier alpha value is -1.55. The first-order chi connectivity index (χ1) is 6.29. The zero-order chi connectivity index (χ0) is 9.26. The fourth-order valence-electron chi connectivity index (χ4n) is 1.24. The lowest BCUT2D eigenvalue weighted by molar-refractivity contribution is 0.218. The number of aromatic nitrogens is 2. The van der Waals surface area contributed by atoms with Crippen molar-refractivity contribution >= 4 is 0 Å². The quantitative estimate of drug-likeness (QED) is 0.730. The number of nitrogens with one attached hydrogen (secondary N) is 1. The van der Waals surface area contributed by atoms with E-state index >= 15 is 0 Å². The molecule has 1 atom stereocenters. The number of aromatic amines is 1. The minimum absolute atomic E-state index is 0.655. The summed E-state index contributed by atoms with van der Waals surface area (Å²) in [6.45, 7) is 1.89. The number of rotatable bonds is 2. The van der Waals surface area contributed by atoms with Crippen LogP contribution in [0.4, 0.5) is 0 Å². The predicted octanol–water partition coefficient (Wildman–Crippen LogP) is 1.39. The number of furan rings is 1. The highest BCUT2D eigenvalue weighted by molar-refractivity contribution is 5.29. The Kier molecular flexibility index (Phi) is 1.90. The van der Waals surface area contributed by atoms with Crippen molar-refractivity contribution in [1.29, 1.82) is 0 Å². The van der Waals surface area contributed by atoms with Gasteiger partial charge in [-0.15, -0.1) is 0 Å². The summed E-state index contributed by atoms with van der Waals surface area (Å²) in [5.74, 6) is 0. The van der Waals surface area contributed by atoms with Gasteiger partial charge in [0.1, 0.15) is 6.10 Å². The third-order valence-corrected chi connectivity index (χ3v) is 2.02. The van der Waals surface area contributed by atoms with E-state index in [1.165, 1.54) is 0 Å². The first-order valence-corrected chi connectivity index (χ1v) is 3.98. The largest absolute Gasteiger partial charge is 0.472 e. The van der Waals surface area contributed by atoms with Gasteiger partial charge >= 0.3 is 0 Å². The summed E-state index contributed by atoms with van der Waals surface area (Å²) in [5.41, 5.74) is 2.46. The van der Waals surface area contributed by atoms with E-state index in [1.54, 1.807) is 24.9 Å². The lowest BCUT2D eigenvalue weighted by Gasteiger charge is -2.05. The van der Waals surface area contributed by atoms with Crippen LogP contribution < -0.4 is 0 Å². The van der Waals surface area contributed by atoms with Crippen LogP contribution in [-0.4, -0.2) is 15.3 Å². The Morgan fingerprint density at radius 1 is 1.54 bits per heavy atom. The summed E-state index contributed by atoms with van der Waals surface area (Å²) in [6, 6.07) is 0. The molecule has 2 heterocycles. The van der Waals surface area contributed by atoms with Gasteiger partial charge in [0.2, 0.25) is 0 Å². The number of hydrogen-bond acceptors (Lipinski definition) is 3. The molecule has 0 fully saturated rings. The van der Waals surface area contributed by atoms with Crippen LogP contribution in [0, 0.1) is 6.92 Å². The second-order valence-corrected chi connectivity index (χ2v) is 2.94. The van der Waals surface area contributed by atoms with Gasteiger partial charge in [-0.1, -0.05) is 0 Å². The van der Waals surface area contributed by atoms with Crippen molar-refractivity contribution in [2.75, 3.05) is 0 Å². The van der Waals surface area contributed by atoms with Gasteiger partial charge in [0, 0.05) is 17.3 Å². The molecule has 4 nitrogen and oxygen atoms in total. The maximum absolute atomic E-state index is 9.83. The fraction of sp³-hybridized carbons (Fsp3) is 0.222. The van der Waals surface area contributed by atoms with Crippen molar-refractivity contribution in [3.63, 3.8) is 0 Å². The van der Waals surface area contributed by atoms with Crippen LogP contribution in [0.15, 0.2) is 29.3 Å². The predicted molar refractivity (Wildman–Crippen MR) is 46.1 cm³/mol. The van der Waals surface area contributed by atoms with Gasteiger partial charge in [-0.3, -0.25) is 5.10 Å². The number of aliphatic hydroxyl groups excluding tert-OH is 1. The monoisotopic (exact) mass is 178 g/mol. The van der Waals surface area contributed by atoms with Gasteiger partial charge < -0.3 is 9.52 Å². The second-order valence-electron chi connectivity index (χ2n) is 2.94. The van der Waals surface area contributed by atoms with E-state index in [1.807, 2.05) is 6.92 Å². The normalized spacial score (nSPS) is 13.1. The number of aliphatic hydroxyl groups is 1. The van der Waals surface area contributed by atoms with Gasteiger partial charge in [-0.05, 0) is 12.5 Å². The molecule has 0 aromatic carbocycles. The van der Waals surface area contributed by atoms with E-state index in [2.05, 4.69) is 10.2 Å². The molecular weight excluding hydrogens is 168 g/mol. The molecule has 0 aliphatic heterocycles. The van der Waals surface area contributed by atoms with E-state index in [0.29, 0.717) is 0 Å². The lowest BCUT2D eigenvalue weighted by atomic mass is 10.1. The minimum Gasteiger partial charge on any atom is -0.472 e. The Labute approximate surface area is 75.2 Å². The number of hydrogen-bond donors (Lipinski definition) is 2. The summed E-state index contributed by atoms with van der Waals surface area (Å²) in [6.07, 6.45) is 5.76. The molecule has 68 valence electrons. The molecule has 0 amide bonds. The van der Waals surface area contributed by atoms with Crippen molar-refractivity contribution in [3.8, 4) is 0 Å². The third-order valence-electron chi connectivity index (χ3n) is 2.02. The van der Waals surface area contributed by atoms with Crippen molar-refractivity contribution in [1.82, 2.24) is 10.2 Å². The second kappa shape index (κ2) is 3.06. The Bertz CT molecular complexity index is 378. The van der Waals surface area contributed by atoms with E-state index in [-0.39, 0.29) is 0 Å². The highest BCUT2D eigenvalue weighted by Crippen LogP contribution is 2.24. The molecule has 2 rings (SSSR count). The molecule has 0 saturated heterocycles. The minimum atomic E-state index is -0.655. The maximum atomic E-state index is 9.83. The lowest BCUT2D eigenvalue weighted by Crippen LogP contribution is -1.97. The first-order valence-electron chi connectivity index (χ1n) is 3.98. The molecule has 0 bridgehead atoms. The van der Waals surface area contributed by atoms with Crippen molar-refractivity contribution in [3.05, 3.63) is 41.6 Å². The average Bonchev–Trinajstić information content (AvgIpc) is 2.72. The SMILES string of the molecule is Cc1cocc1C(O)c1cn[nH]c1. The maximum Gasteiger partial charge on any atom is 0.110 e. The summed E-state index contributed by atoms with van der Waals surface area (Å²) in [7, 11) is 0. The molecule has 2 aromatic heterocycles. The molecule has 0 aliphatic rings. The van der Waals surface area contributed by atoms with E-state index in [4.69, 9.17) is 4.42 Å². The zero-order valence-corrected chi connectivity index (χ0v) is 7.19. The average molecular weight is 178 g/mol. The molecule has 4 heteroatoms. The van der Waals surface area contributed by atoms with Crippen LogP contribution in [-0.2, 0) is 0 Å². The van der Waals surface area contributed by atoms with E-state index in [9.17, 15) is 5.11 Å². The Morgan fingerprint density at radius 2 is 2.38 bits per heavy atom. The summed E-state index contributed by atoms with van der Waals surface area (Å²) in [5, 5.41) is 16.2. The van der Waals surface area contributed by atoms with Gasteiger partial charge in [-0.25, -0.2) is 0 Å². The van der Waals surface area contributed by atoms with E-state index < -0.39 is 6.10 Å². The van der Waals surface area contributed by atoms with Gasteiger partial charge in [-0.2, -0.15) is 5.10 Å². The topological polar surface area (TPSA) is 62.1 Å². The van der Waals surface area contributed by atoms with Gasteiger partial charge in [0.15, 0.2) is 0 Å². The number of aryl methyl sites for hydroxylation is 1. The van der Waals surface area contributed by atoms with Crippen LogP contribution in [0.1, 0.15) is 22.8 Å². The highest BCUT2D eigenvalue weighted by atomic mass is 16.3. The molecule has 0 aliphatic carbocycles. The molecule has 0 saturated carbocycles. The Morgan fingerprint density at radius 3 is 2.92 bits per heavy atom. The molecule has 0 radical (unpaired) electrons. The van der Waals surface area contributed by atoms with Crippen LogP contribution in [0.3, 0.4) is 0 Å². The Balaban J connectivity index is 2.33. The molecule has 13 heavy (non-hydrogen) atoms. The molecule has 1 unspecified atom stereocenters.